The van der Waals surface area contributed by atoms with Gasteiger partial charge in [-0.25, -0.2) is 9.97 Å². The molecule has 2 fully saturated rings. The Bertz CT molecular complexity index is 1670. The Morgan fingerprint density at radius 1 is 1.12 bits per heavy atom. The molecule has 9 heteroatoms. The summed E-state index contributed by atoms with van der Waals surface area (Å²) in [5.41, 5.74) is 9.61. The van der Waals surface area contributed by atoms with Gasteiger partial charge in [-0.05, 0) is 61.6 Å². The van der Waals surface area contributed by atoms with E-state index in [0.29, 0.717) is 23.3 Å². The smallest absolute Gasteiger partial charge is 0.245 e. The number of para-hydroxylation sites is 1. The lowest BCUT2D eigenvalue weighted by Crippen LogP contribution is -2.55. The van der Waals surface area contributed by atoms with Crippen molar-refractivity contribution in [2.24, 2.45) is 5.92 Å². The number of carbonyl (C=O) groups is 1. The molecule has 1 amide bonds. The van der Waals surface area contributed by atoms with E-state index in [4.69, 9.17) is 10.5 Å². The number of rotatable bonds is 7. The van der Waals surface area contributed by atoms with Crippen LogP contribution in [0.3, 0.4) is 0 Å². The Kier molecular flexibility index (Phi) is 8.14. The molecule has 220 valence electrons. The highest BCUT2D eigenvalue weighted by atomic mass is 16.5. The fraction of sp³-hybridized carbons (Fsp3) is 0.324. The van der Waals surface area contributed by atoms with Crippen molar-refractivity contribution in [1.29, 1.82) is 0 Å². The van der Waals surface area contributed by atoms with Gasteiger partial charge in [-0.15, -0.1) is 0 Å². The Morgan fingerprint density at radius 2 is 1.81 bits per heavy atom. The summed E-state index contributed by atoms with van der Waals surface area (Å²) >= 11 is 0. The molecule has 3 N–H and O–H groups in total. The maximum atomic E-state index is 11.9. The molecule has 2 aromatic carbocycles. The third-order valence-electron chi connectivity index (χ3n) is 8.41. The molecule has 0 saturated carbocycles. The SMILES string of the molecule is C=CC(=O)N1CCC(N2CC(C#Cc3c(-c4ccc(Oc5ccccc5)cc4)c4c(N)ncnc4n3C(C)CO)C2)CC1. The van der Waals surface area contributed by atoms with Crippen LogP contribution < -0.4 is 10.5 Å². The molecule has 0 spiro atoms. The molecule has 0 radical (unpaired) electrons. The first-order chi connectivity index (χ1) is 21.0. The summed E-state index contributed by atoms with van der Waals surface area (Å²) in [7, 11) is 0. The standard InChI is InChI=1S/C34H36N6O3/c1-3-30(42)38-17-15-26(16-18-38)39-19-24(20-39)9-14-29-31(32-33(35)36-22-37-34(32)40(29)23(2)21-41)25-10-12-28(13-11-25)43-27-7-5-4-6-8-27/h3-8,10-13,22-24,26,41H,1,15-21H2,2H3,(H2,35,36,37). The second-order valence-electron chi connectivity index (χ2n) is 11.2. The van der Waals surface area contributed by atoms with Crippen molar-refractivity contribution < 1.29 is 14.6 Å². The Hall–Kier alpha value is -4.65. The monoisotopic (exact) mass is 576 g/mol. The second-order valence-corrected chi connectivity index (χ2v) is 11.2. The van der Waals surface area contributed by atoms with Crippen LogP contribution in [0.5, 0.6) is 11.5 Å². The molecule has 0 aliphatic carbocycles. The van der Waals surface area contributed by atoms with E-state index < -0.39 is 0 Å². The van der Waals surface area contributed by atoms with Gasteiger partial charge in [-0.1, -0.05) is 42.8 Å². The first-order valence-electron chi connectivity index (χ1n) is 14.7. The molecular formula is C34H36N6O3. The number of nitrogens with two attached hydrogens (primary N) is 1. The summed E-state index contributed by atoms with van der Waals surface area (Å²) in [6.07, 6.45) is 4.78. The summed E-state index contributed by atoms with van der Waals surface area (Å²) in [6, 6.07) is 17.7. The molecule has 2 aliphatic heterocycles. The van der Waals surface area contributed by atoms with E-state index >= 15 is 0 Å². The van der Waals surface area contributed by atoms with Crippen LogP contribution in [-0.4, -0.2) is 74.2 Å². The fourth-order valence-corrected chi connectivity index (χ4v) is 6.04. The highest BCUT2D eigenvalue weighted by Crippen LogP contribution is 2.39. The number of aliphatic hydroxyl groups is 1. The molecule has 2 aliphatic rings. The first kappa shape index (κ1) is 28.5. The molecule has 4 aromatic rings. The predicted molar refractivity (Wildman–Crippen MR) is 167 cm³/mol. The zero-order valence-corrected chi connectivity index (χ0v) is 24.3. The van der Waals surface area contributed by atoms with Crippen LogP contribution in [0.2, 0.25) is 0 Å². The number of likely N-dealkylation sites (tertiary alicyclic amines) is 2. The number of benzene rings is 2. The number of aliphatic hydroxyl groups excluding tert-OH is 1. The number of nitrogens with zero attached hydrogens (tertiary/aromatic N) is 5. The highest BCUT2D eigenvalue weighted by molar-refractivity contribution is 6.03. The van der Waals surface area contributed by atoms with Gasteiger partial charge in [0.2, 0.25) is 5.91 Å². The van der Waals surface area contributed by atoms with E-state index in [1.807, 2.05) is 71.0 Å². The summed E-state index contributed by atoms with van der Waals surface area (Å²) in [5, 5.41) is 10.9. The topological polar surface area (TPSA) is 110 Å². The second kappa shape index (κ2) is 12.3. The van der Waals surface area contributed by atoms with E-state index in [9.17, 15) is 9.90 Å². The van der Waals surface area contributed by atoms with Crippen molar-refractivity contribution in [2.75, 3.05) is 38.5 Å². The number of amides is 1. The molecule has 43 heavy (non-hydrogen) atoms. The molecule has 0 bridgehead atoms. The van der Waals surface area contributed by atoms with Crippen LogP contribution in [0, 0.1) is 17.8 Å². The minimum atomic E-state index is -0.267. The molecule has 6 rings (SSSR count). The van der Waals surface area contributed by atoms with Crippen LogP contribution in [-0.2, 0) is 4.79 Å². The van der Waals surface area contributed by atoms with Gasteiger partial charge in [0.05, 0.1) is 18.0 Å². The normalized spacial score (nSPS) is 16.7. The number of fused-ring (bicyclic) bond motifs is 1. The van der Waals surface area contributed by atoms with Crippen LogP contribution in [0.15, 0.2) is 73.6 Å². The number of carbonyl (C=O) groups excluding carboxylic acids is 1. The minimum absolute atomic E-state index is 0.0118. The van der Waals surface area contributed by atoms with Gasteiger partial charge in [-0.3, -0.25) is 9.69 Å². The van der Waals surface area contributed by atoms with Crippen LogP contribution in [0.1, 0.15) is 31.5 Å². The van der Waals surface area contributed by atoms with E-state index in [0.717, 1.165) is 67.0 Å². The average Bonchev–Trinajstić information content (AvgIpc) is 3.36. The van der Waals surface area contributed by atoms with Crippen molar-refractivity contribution >= 4 is 22.8 Å². The van der Waals surface area contributed by atoms with Gasteiger partial charge >= 0.3 is 0 Å². The zero-order chi connectivity index (χ0) is 29.9. The maximum absolute atomic E-state index is 11.9. The average molecular weight is 577 g/mol. The van der Waals surface area contributed by atoms with Gasteiger partial charge in [0.1, 0.15) is 35.0 Å². The van der Waals surface area contributed by atoms with E-state index in [-0.39, 0.29) is 24.5 Å². The van der Waals surface area contributed by atoms with Gasteiger partial charge in [0.25, 0.3) is 0 Å². The summed E-state index contributed by atoms with van der Waals surface area (Å²) < 4.78 is 7.99. The van der Waals surface area contributed by atoms with Gasteiger partial charge in [0.15, 0.2) is 0 Å². The molecule has 2 aromatic heterocycles. The number of piperidine rings is 1. The quantitative estimate of drug-likeness (QED) is 0.247. The maximum Gasteiger partial charge on any atom is 0.245 e. The summed E-state index contributed by atoms with van der Waals surface area (Å²) in [5.74, 6) is 9.07. The Morgan fingerprint density at radius 3 is 2.49 bits per heavy atom. The summed E-state index contributed by atoms with van der Waals surface area (Å²) in [4.78, 5) is 25.2. The number of anilines is 1. The van der Waals surface area contributed by atoms with Crippen molar-refractivity contribution in [3.8, 4) is 34.5 Å². The lowest BCUT2D eigenvalue weighted by atomic mass is 9.93. The lowest BCUT2D eigenvalue weighted by molar-refractivity contribution is -0.127. The Balaban J connectivity index is 1.29. The van der Waals surface area contributed by atoms with Gasteiger partial charge in [-0.2, -0.15) is 0 Å². The predicted octanol–water partition coefficient (Wildman–Crippen LogP) is 4.49. The van der Waals surface area contributed by atoms with E-state index in [2.05, 4.69) is 33.3 Å². The van der Waals surface area contributed by atoms with E-state index in [1.54, 1.807) is 0 Å². The minimum Gasteiger partial charge on any atom is -0.457 e. The Labute approximate surface area is 251 Å². The molecule has 4 heterocycles. The number of nitrogen functional groups attached to an aromatic ring is 1. The van der Waals surface area contributed by atoms with Crippen molar-refractivity contribution in [2.45, 2.75) is 31.8 Å². The highest BCUT2D eigenvalue weighted by Gasteiger charge is 2.34. The van der Waals surface area contributed by atoms with E-state index in [1.165, 1.54) is 12.4 Å². The number of hydrogen-bond donors (Lipinski definition) is 2. The van der Waals surface area contributed by atoms with Gasteiger partial charge in [0, 0.05) is 43.7 Å². The first-order valence-corrected chi connectivity index (χ1v) is 14.7. The van der Waals surface area contributed by atoms with Crippen molar-refractivity contribution in [3.63, 3.8) is 0 Å². The lowest BCUT2D eigenvalue weighted by Gasteiger charge is -2.45. The molecule has 1 atom stereocenters. The molecule has 2 saturated heterocycles. The largest absolute Gasteiger partial charge is 0.457 e. The number of aromatic nitrogens is 3. The fourth-order valence-electron chi connectivity index (χ4n) is 6.04. The van der Waals surface area contributed by atoms with Gasteiger partial charge < -0.3 is 25.0 Å². The third-order valence-corrected chi connectivity index (χ3v) is 8.41. The van der Waals surface area contributed by atoms with Crippen LogP contribution in [0.4, 0.5) is 5.82 Å². The molecular weight excluding hydrogens is 540 g/mol. The van der Waals surface area contributed by atoms with Crippen LogP contribution in [0.25, 0.3) is 22.2 Å². The molecule has 9 nitrogen and oxygen atoms in total. The van der Waals surface area contributed by atoms with Crippen molar-refractivity contribution in [3.05, 3.63) is 79.3 Å². The zero-order valence-electron chi connectivity index (χ0n) is 24.3. The summed E-state index contributed by atoms with van der Waals surface area (Å²) in [6.45, 7) is 8.80. The third kappa shape index (κ3) is 5.72. The molecule has 1 unspecified atom stereocenters. The van der Waals surface area contributed by atoms with Crippen molar-refractivity contribution in [1.82, 2.24) is 24.3 Å². The van der Waals surface area contributed by atoms with Crippen LogP contribution >= 0.6 is 0 Å². The number of hydrogen-bond acceptors (Lipinski definition) is 7. The number of ether oxygens (including phenoxy) is 1.